The Labute approximate surface area is 107 Å². The Balaban J connectivity index is 1.55. The van der Waals surface area contributed by atoms with Crippen LogP contribution in [0.2, 0.25) is 0 Å². The number of rotatable bonds is 5. The molecule has 102 valence electrons. The topological polar surface area (TPSA) is 61.6 Å². The van der Waals surface area contributed by atoms with Gasteiger partial charge in [0.1, 0.15) is 0 Å². The van der Waals surface area contributed by atoms with Crippen molar-refractivity contribution >= 4 is 12.4 Å². The van der Waals surface area contributed by atoms with Gasteiger partial charge in [-0.15, -0.1) is 0 Å². The van der Waals surface area contributed by atoms with Crippen LogP contribution in [-0.2, 0) is 19.1 Å². The van der Waals surface area contributed by atoms with Gasteiger partial charge >= 0.3 is 0 Å². The van der Waals surface area contributed by atoms with Crippen molar-refractivity contribution in [1.29, 1.82) is 0 Å². The minimum absolute atomic E-state index is 0.217. The van der Waals surface area contributed by atoms with Crippen LogP contribution in [0.15, 0.2) is 10.3 Å². The summed E-state index contributed by atoms with van der Waals surface area (Å²) in [6.45, 7) is 1.49. The molecule has 0 aliphatic carbocycles. The highest BCUT2D eigenvalue weighted by Gasteiger charge is 2.14. The molecule has 2 aliphatic heterocycles. The van der Waals surface area contributed by atoms with Crippen molar-refractivity contribution in [2.75, 3.05) is 13.2 Å². The number of nitrogens with zero attached hydrogens (tertiary/aromatic N) is 2. The molecule has 2 fully saturated rings. The van der Waals surface area contributed by atoms with Crippen molar-refractivity contribution in [2.45, 2.75) is 51.1 Å². The molecule has 2 atom stereocenters. The predicted octanol–water partition coefficient (Wildman–Crippen LogP) is 2.04. The van der Waals surface area contributed by atoms with Gasteiger partial charge < -0.3 is 19.1 Å². The Morgan fingerprint density at radius 3 is 1.67 bits per heavy atom. The molecule has 2 rings (SSSR count). The predicted molar refractivity (Wildman–Crippen MR) is 66.3 cm³/mol. The van der Waals surface area contributed by atoms with Gasteiger partial charge in [-0.1, -0.05) is 10.3 Å². The largest absolute Gasteiger partial charge is 0.364 e. The standard InChI is InChI=1S/C12H20N2O4/c1-3-9-15-11(5-1)17-13-7-8-14-18-12-6-2-4-10-16-12/h7-8,11-12H,1-6,9-10H2. The minimum Gasteiger partial charge on any atom is -0.364 e. The fraction of sp³-hybridized carbons (Fsp3) is 0.833. The molecule has 2 aliphatic rings. The maximum atomic E-state index is 5.35. The van der Waals surface area contributed by atoms with Crippen LogP contribution >= 0.6 is 0 Å². The monoisotopic (exact) mass is 256 g/mol. The molecule has 0 aromatic rings. The summed E-state index contributed by atoms with van der Waals surface area (Å²) < 4.78 is 10.7. The Bertz CT molecular complexity index is 243. The van der Waals surface area contributed by atoms with Crippen molar-refractivity contribution < 1.29 is 19.1 Å². The fourth-order valence-electron chi connectivity index (χ4n) is 1.85. The van der Waals surface area contributed by atoms with Crippen LogP contribution in [0.5, 0.6) is 0 Å². The fourth-order valence-corrected chi connectivity index (χ4v) is 1.85. The Morgan fingerprint density at radius 2 is 1.28 bits per heavy atom. The van der Waals surface area contributed by atoms with Crippen LogP contribution in [0.25, 0.3) is 0 Å². The van der Waals surface area contributed by atoms with Crippen LogP contribution in [0, 0.1) is 0 Å². The van der Waals surface area contributed by atoms with Gasteiger partial charge in [0.05, 0.1) is 25.6 Å². The Hall–Kier alpha value is -1.14. The zero-order valence-corrected chi connectivity index (χ0v) is 10.5. The molecular formula is C12H20N2O4. The smallest absolute Gasteiger partial charge is 0.226 e. The normalized spacial score (nSPS) is 29.8. The zero-order valence-electron chi connectivity index (χ0n) is 10.5. The average Bonchev–Trinajstić information content (AvgIpc) is 2.45. The summed E-state index contributed by atoms with van der Waals surface area (Å²) in [7, 11) is 0. The third kappa shape index (κ3) is 5.01. The van der Waals surface area contributed by atoms with Crippen molar-refractivity contribution in [1.82, 2.24) is 0 Å². The highest BCUT2D eigenvalue weighted by Crippen LogP contribution is 2.14. The van der Waals surface area contributed by atoms with Crippen LogP contribution in [0.3, 0.4) is 0 Å². The molecule has 0 radical (unpaired) electrons. The summed E-state index contributed by atoms with van der Waals surface area (Å²) in [6.07, 6.45) is 8.67. The molecule has 2 heterocycles. The first kappa shape index (κ1) is 13.3. The summed E-state index contributed by atoms with van der Waals surface area (Å²) in [6, 6.07) is 0. The average molecular weight is 256 g/mol. The molecular weight excluding hydrogens is 236 g/mol. The lowest BCUT2D eigenvalue weighted by molar-refractivity contribution is -0.162. The van der Waals surface area contributed by atoms with E-state index in [2.05, 4.69) is 10.3 Å². The lowest BCUT2D eigenvalue weighted by atomic mass is 10.2. The van der Waals surface area contributed by atoms with Gasteiger partial charge in [0.15, 0.2) is 0 Å². The van der Waals surface area contributed by atoms with Gasteiger partial charge in [-0.2, -0.15) is 0 Å². The molecule has 2 unspecified atom stereocenters. The summed E-state index contributed by atoms with van der Waals surface area (Å²) in [5.41, 5.74) is 0. The van der Waals surface area contributed by atoms with E-state index in [9.17, 15) is 0 Å². The molecule has 6 heteroatoms. The molecule has 0 aromatic heterocycles. The summed E-state index contributed by atoms with van der Waals surface area (Å²) >= 11 is 0. The van der Waals surface area contributed by atoms with Gasteiger partial charge in [-0.05, 0) is 25.7 Å². The van der Waals surface area contributed by atoms with E-state index in [-0.39, 0.29) is 12.6 Å². The molecule has 6 nitrogen and oxygen atoms in total. The van der Waals surface area contributed by atoms with E-state index in [4.69, 9.17) is 19.1 Å². The minimum atomic E-state index is -0.217. The third-order valence-corrected chi connectivity index (χ3v) is 2.82. The van der Waals surface area contributed by atoms with Gasteiger partial charge in [0, 0.05) is 12.8 Å². The molecule has 0 saturated carbocycles. The quantitative estimate of drug-likeness (QED) is 0.558. The van der Waals surface area contributed by atoms with Gasteiger partial charge in [-0.25, -0.2) is 0 Å². The first-order valence-corrected chi connectivity index (χ1v) is 6.55. The molecule has 0 bridgehead atoms. The first-order chi connectivity index (χ1) is 8.95. The van der Waals surface area contributed by atoms with E-state index < -0.39 is 0 Å². The van der Waals surface area contributed by atoms with E-state index in [0.29, 0.717) is 0 Å². The Kier molecular flexibility index (Phi) is 5.94. The second-order valence-corrected chi connectivity index (χ2v) is 4.31. The summed E-state index contributed by atoms with van der Waals surface area (Å²) in [5, 5.41) is 7.52. The Morgan fingerprint density at radius 1 is 0.778 bits per heavy atom. The molecule has 0 N–H and O–H groups in total. The maximum Gasteiger partial charge on any atom is 0.226 e. The van der Waals surface area contributed by atoms with Gasteiger partial charge in [0.2, 0.25) is 12.6 Å². The van der Waals surface area contributed by atoms with Crippen molar-refractivity contribution in [3.8, 4) is 0 Å². The highest BCUT2D eigenvalue weighted by atomic mass is 16.8. The van der Waals surface area contributed by atoms with E-state index >= 15 is 0 Å². The summed E-state index contributed by atoms with van der Waals surface area (Å²) in [5.74, 6) is 0. The van der Waals surface area contributed by atoms with Crippen molar-refractivity contribution in [3.63, 3.8) is 0 Å². The van der Waals surface area contributed by atoms with E-state index in [1.807, 2.05) is 0 Å². The molecule has 0 aromatic carbocycles. The molecule has 0 amide bonds. The zero-order chi connectivity index (χ0) is 12.5. The number of oxime groups is 2. The molecule has 2 saturated heterocycles. The van der Waals surface area contributed by atoms with Crippen LogP contribution in [0.1, 0.15) is 38.5 Å². The summed E-state index contributed by atoms with van der Waals surface area (Å²) in [4.78, 5) is 10.3. The second kappa shape index (κ2) is 8.05. The van der Waals surface area contributed by atoms with Crippen LogP contribution < -0.4 is 0 Å². The van der Waals surface area contributed by atoms with E-state index in [0.717, 1.165) is 51.7 Å². The van der Waals surface area contributed by atoms with Crippen molar-refractivity contribution in [3.05, 3.63) is 0 Å². The number of ether oxygens (including phenoxy) is 2. The van der Waals surface area contributed by atoms with E-state index in [1.54, 1.807) is 0 Å². The second-order valence-electron chi connectivity index (χ2n) is 4.31. The van der Waals surface area contributed by atoms with Crippen molar-refractivity contribution in [2.24, 2.45) is 10.3 Å². The number of hydrogen-bond donors (Lipinski definition) is 0. The third-order valence-electron chi connectivity index (χ3n) is 2.82. The molecule has 18 heavy (non-hydrogen) atoms. The SMILES string of the molecule is C(C=NOC1CCCCO1)=NOC1CCCCO1. The maximum absolute atomic E-state index is 5.35. The highest BCUT2D eigenvalue weighted by molar-refractivity contribution is 6.15. The first-order valence-electron chi connectivity index (χ1n) is 6.55. The van der Waals surface area contributed by atoms with E-state index in [1.165, 1.54) is 12.4 Å². The van der Waals surface area contributed by atoms with Gasteiger partial charge in [-0.3, -0.25) is 0 Å². The van der Waals surface area contributed by atoms with Crippen LogP contribution in [-0.4, -0.2) is 38.2 Å². The molecule has 0 spiro atoms. The lowest BCUT2D eigenvalue weighted by Crippen LogP contribution is -2.20. The van der Waals surface area contributed by atoms with Crippen LogP contribution in [0.4, 0.5) is 0 Å². The number of hydrogen-bond acceptors (Lipinski definition) is 6. The lowest BCUT2D eigenvalue weighted by Gasteiger charge is -2.20. The van der Waals surface area contributed by atoms with Gasteiger partial charge in [0.25, 0.3) is 0 Å².